The zero-order valence-corrected chi connectivity index (χ0v) is 16.9. The van der Waals surface area contributed by atoms with Crippen molar-refractivity contribution in [1.82, 2.24) is 5.32 Å². The standard InChI is InChI=1S/C19H24N2O6S/c1-4-26-19(25)15-11(2)16(17(24)20-3)28-18(15)21-13(22)10-27-14(23)9-12-7-5-6-8-12/h5,7,12H,4,6,8-10H2,1-3H3,(H,20,24)(H,21,22)/t12-/m0/s1. The summed E-state index contributed by atoms with van der Waals surface area (Å²) in [5.74, 6) is -1.89. The first-order valence-corrected chi connectivity index (χ1v) is 9.83. The maximum Gasteiger partial charge on any atom is 0.341 e. The molecular formula is C19H24N2O6S. The number of amides is 2. The molecule has 0 radical (unpaired) electrons. The lowest BCUT2D eigenvalue weighted by Gasteiger charge is -2.09. The molecule has 1 heterocycles. The highest BCUT2D eigenvalue weighted by molar-refractivity contribution is 7.18. The summed E-state index contributed by atoms with van der Waals surface area (Å²) in [6.07, 6.45) is 6.07. The average molecular weight is 408 g/mol. The predicted octanol–water partition coefficient (Wildman–Crippen LogP) is 2.43. The summed E-state index contributed by atoms with van der Waals surface area (Å²) in [4.78, 5) is 48.6. The number of carbonyl (C=O) groups excluding carboxylic acids is 4. The second kappa shape index (κ2) is 10.0. The largest absolute Gasteiger partial charge is 0.462 e. The minimum atomic E-state index is -0.633. The molecule has 8 nitrogen and oxygen atoms in total. The van der Waals surface area contributed by atoms with Crippen molar-refractivity contribution in [2.75, 3.05) is 25.6 Å². The summed E-state index contributed by atoms with van der Waals surface area (Å²) in [6.45, 7) is 2.96. The first-order chi connectivity index (χ1) is 13.4. The van der Waals surface area contributed by atoms with Crippen LogP contribution < -0.4 is 10.6 Å². The Kier molecular flexibility index (Phi) is 7.74. The molecule has 28 heavy (non-hydrogen) atoms. The Morgan fingerprint density at radius 1 is 1.25 bits per heavy atom. The van der Waals surface area contributed by atoms with Gasteiger partial charge in [-0.3, -0.25) is 14.4 Å². The van der Waals surface area contributed by atoms with Gasteiger partial charge in [-0.05, 0) is 38.2 Å². The van der Waals surface area contributed by atoms with Crippen LogP contribution >= 0.6 is 11.3 Å². The second-order valence-electron chi connectivity index (χ2n) is 6.24. The van der Waals surface area contributed by atoms with Crippen molar-refractivity contribution in [3.05, 3.63) is 28.2 Å². The predicted molar refractivity (Wildman–Crippen MR) is 104 cm³/mol. The molecule has 2 rings (SSSR count). The van der Waals surface area contributed by atoms with Crippen molar-refractivity contribution in [2.24, 2.45) is 5.92 Å². The lowest BCUT2D eigenvalue weighted by molar-refractivity contribution is -0.147. The molecule has 1 aliphatic rings. The normalized spacial score (nSPS) is 15.2. The van der Waals surface area contributed by atoms with Crippen LogP contribution in [0.1, 0.15) is 51.8 Å². The van der Waals surface area contributed by atoms with Gasteiger partial charge in [0.2, 0.25) is 0 Å². The zero-order chi connectivity index (χ0) is 20.7. The molecule has 1 atom stereocenters. The van der Waals surface area contributed by atoms with Crippen LogP contribution in [-0.2, 0) is 19.1 Å². The van der Waals surface area contributed by atoms with Gasteiger partial charge in [-0.2, -0.15) is 0 Å². The van der Waals surface area contributed by atoms with E-state index < -0.39 is 24.5 Å². The average Bonchev–Trinajstić information content (AvgIpc) is 3.27. The van der Waals surface area contributed by atoms with Gasteiger partial charge in [-0.1, -0.05) is 12.2 Å². The molecule has 9 heteroatoms. The monoisotopic (exact) mass is 408 g/mol. The third-order valence-corrected chi connectivity index (χ3v) is 5.42. The van der Waals surface area contributed by atoms with Crippen molar-refractivity contribution < 1.29 is 28.7 Å². The molecule has 1 aromatic heterocycles. The number of carbonyl (C=O) groups is 4. The quantitative estimate of drug-likeness (QED) is 0.505. The molecule has 1 aliphatic carbocycles. The van der Waals surface area contributed by atoms with Gasteiger partial charge in [-0.25, -0.2) is 4.79 Å². The van der Waals surface area contributed by atoms with E-state index >= 15 is 0 Å². The molecule has 0 unspecified atom stereocenters. The van der Waals surface area contributed by atoms with Crippen LogP contribution in [-0.4, -0.2) is 44.0 Å². The maximum atomic E-state index is 12.3. The van der Waals surface area contributed by atoms with E-state index in [9.17, 15) is 19.2 Å². The Morgan fingerprint density at radius 3 is 2.61 bits per heavy atom. The van der Waals surface area contributed by atoms with Gasteiger partial charge in [0.05, 0.1) is 23.5 Å². The van der Waals surface area contributed by atoms with Crippen LogP contribution in [0.3, 0.4) is 0 Å². The Hall–Kier alpha value is -2.68. The van der Waals surface area contributed by atoms with E-state index in [0.717, 1.165) is 24.2 Å². The van der Waals surface area contributed by atoms with Gasteiger partial charge in [0, 0.05) is 7.05 Å². The molecule has 2 N–H and O–H groups in total. The molecule has 0 bridgehead atoms. The molecular weight excluding hydrogens is 384 g/mol. The third kappa shape index (κ3) is 5.41. The molecule has 152 valence electrons. The Morgan fingerprint density at radius 2 is 2.00 bits per heavy atom. The number of allylic oxidation sites excluding steroid dienone is 2. The summed E-state index contributed by atoms with van der Waals surface area (Å²) < 4.78 is 10.0. The summed E-state index contributed by atoms with van der Waals surface area (Å²) in [7, 11) is 1.47. The summed E-state index contributed by atoms with van der Waals surface area (Å²) >= 11 is 0.967. The first-order valence-electron chi connectivity index (χ1n) is 9.02. The minimum Gasteiger partial charge on any atom is -0.462 e. The Bertz CT molecular complexity index is 799. The smallest absolute Gasteiger partial charge is 0.341 e. The van der Waals surface area contributed by atoms with Gasteiger partial charge in [0.25, 0.3) is 11.8 Å². The van der Waals surface area contributed by atoms with Gasteiger partial charge >= 0.3 is 11.9 Å². The molecule has 0 aromatic carbocycles. The summed E-state index contributed by atoms with van der Waals surface area (Å²) in [5, 5.41) is 5.23. The molecule has 0 spiro atoms. The number of rotatable bonds is 8. The number of nitrogens with one attached hydrogen (secondary N) is 2. The van der Waals surface area contributed by atoms with E-state index in [1.165, 1.54) is 7.05 Å². The first kappa shape index (κ1) is 21.6. The third-order valence-electron chi connectivity index (χ3n) is 4.22. The van der Waals surface area contributed by atoms with Gasteiger partial charge in [-0.15, -0.1) is 11.3 Å². The number of hydrogen-bond acceptors (Lipinski definition) is 7. The van der Waals surface area contributed by atoms with E-state index in [1.807, 2.05) is 12.2 Å². The van der Waals surface area contributed by atoms with Crippen molar-refractivity contribution in [2.45, 2.75) is 33.1 Å². The van der Waals surface area contributed by atoms with Gasteiger partial charge in [0.1, 0.15) is 5.00 Å². The van der Waals surface area contributed by atoms with E-state index in [0.29, 0.717) is 10.4 Å². The van der Waals surface area contributed by atoms with E-state index in [2.05, 4.69) is 10.6 Å². The number of esters is 2. The molecule has 0 fully saturated rings. The fourth-order valence-corrected chi connectivity index (χ4v) is 3.99. The SMILES string of the molecule is CCOC(=O)c1c(NC(=O)COC(=O)C[C@H]2C=CCC2)sc(C(=O)NC)c1C. The number of thiophene rings is 1. The highest BCUT2D eigenvalue weighted by Crippen LogP contribution is 2.33. The van der Waals surface area contributed by atoms with E-state index in [1.54, 1.807) is 13.8 Å². The minimum absolute atomic E-state index is 0.126. The molecule has 0 aliphatic heterocycles. The van der Waals surface area contributed by atoms with Crippen LogP contribution in [0.15, 0.2) is 12.2 Å². The zero-order valence-electron chi connectivity index (χ0n) is 16.1. The van der Waals surface area contributed by atoms with E-state index in [-0.39, 0.29) is 35.4 Å². The van der Waals surface area contributed by atoms with Crippen molar-refractivity contribution in [1.29, 1.82) is 0 Å². The van der Waals surface area contributed by atoms with Crippen LogP contribution in [0.2, 0.25) is 0 Å². The van der Waals surface area contributed by atoms with Crippen molar-refractivity contribution in [3.8, 4) is 0 Å². The van der Waals surface area contributed by atoms with Gasteiger partial charge in [0.15, 0.2) is 6.61 Å². The lowest BCUT2D eigenvalue weighted by Crippen LogP contribution is -2.22. The number of anilines is 1. The number of hydrogen-bond donors (Lipinski definition) is 2. The van der Waals surface area contributed by atoms with Crippen molar-refractivity contribution in [3.63, 3.8) is 0 Å². The van der Waals surface area contributed by atoms with Crippen LogP contribution in [0.4, 0.5) is 5.00 Å². The van der Waals surface area contributed by atoms with Crippen LogP contribution in [0, 0.1) is 12.8 Å². The maximum absolute atomic E-state index is 12.3. The lowest BCUT2D eigenvalue weighted by atomic mass is 10.1. The topological polar surface area (TPSA) is 111 Å². The summed E-state index contributed by atoms with van der Waals surface area (Å²) in [6, 6.07) is 0. The van der Waals surface area contributed by atoms with Crippen LogP contribution in [0.5, 0.6) is 0 Å². The van der Waals surface area contributed by atoms with Crippen LogP contribution in [0.25, 0.3) is 0 Å². The molecule has 0 saturated heterocycles. The Balaban J connectivity index is 2.05. The second-order valence-corrected chi connectivity index (χ2v) is 7.26. The van der Waals surface area contributed by atoms with E-state index in [4.69, 9.17) is 9.47 Å². The molecule has 1 aromatic rings. The van der Waals surface area contributed by atoms with Gasteiger partial charge < -0.3 is 20.1 Å². The fourth-order valence-electron chi connectivity index (χ4n) is 2.83. The Labute approximate surface area is 167 Å². The highest BCUT2D eigenvalue weighted by atomic mass is 32.1. The summed E-state index contributed by atoms with van der Waals surface area (Å²) in [5.41, 5.74) is 0.546. The molecule has 0 saturated carbocycles. The fraction of sp³-hybridized carbons (Fsp3) is 0.474. The molecule has 2 amide bonds. The van der Waals surface area contributed by atoms with Crippen molar-refractivity contribution >= 4 is 40.1 Å². The number of ether oxygens (including phenoxy) is 2. The highest BCUT2D eigenvalue weighted by Gasteiger charge is 2.26.